The number of carbonyl (C=O) groups excluding carboxylic acids is 1. The van der Waals surface area contributed by atoms with Gasteiger partial charge in [0.25, 0.3) is 0 Å². The number of allylic oxidation sites excluding steroid dienone is 3. The summed E-state index contributed by atoms with van der Waals surface area (Å²) in [6, 6.07) is 0. The molecular weight excluding hydrogens is 264 g/mol. The molecule has 0 rings (SSSR count). The number of carbonyl (C=O) groups is 1. The molecule has 0 aliphatic heterocycles. The maximum atomic E-state index is 10.9. The van der Waals surface area contributed by atoms with Crippen molar-refractivity contribution >= 4 is 5.97 Å². The molecule has 0 saturated heterocycles. The van der Waals surface area contributed by atoms with Crippen LogP contribution in [0.15, 0.2) is 36.5 Å². The molecule has 0 radical (unpaired) electrons. The Morgan fingerprint density at radius 1 is 1.10 bits per heavy atom. The lowest BCUT2D eigenvalue weighted by atomic mass is 10.1. The Hall–Kier alpha value is -1.35. The van der Waals surface area contributed by atoms with Gasteiger partial charge < -0.3 is 9.84 Å². The fourth-order valence-electron chi connectivity index (χ4n) is 1.83. The Morgan fingerprint density at radius 2 is 1.76 bits per heavy atom. The van der Waals surface area contributed by atoms with Crippen molar-refractivity contribution in [1.82, 2.24) is 0 Å². The summed E-state index contributed by atoms with van der Waals surface area (Å²) in [5.74, 6) is -0.470. The normalized spacial score (nSPS) is 15.0. The van der Waals surface area contributed by atoms with Crippen LogP contribution < -0.4 is 0 Å². The van der Waals surface area contributed by atoms with Crippen LogP contribution in [0.1, 0.15) is 58.8 Å². The molecule has 0 saturated carbocycles. The Labute approximate surface area is 129 Å². The number of unbranched alkanes of at least 4 members (excludes halogenated alkanes) is 6. The summed E-state index contributed by atoms with van der Waals surface area (Å²) in [6.07, 6.45) is 19.0. The molecule has 3 heteroatoms. The Morgan fingerprint density at radius 3 is 2.43 bits per heavy atom. The monoisotopic (exact) mass is 294 g/mol. The molecule has 0 aliphatic rings. The van der Waals surface area contributed by atoms with Gasteiger partial charge in [-0.3, -0.25) is 0 Å². The number of hydrogen-bond acceptors (Lipinski definition) is 3. The first-order valence-electron chi connectivity index (χ1n) is 7.85. The van der Waals surface area contributed by atoms with Gasteiger partial charge in [-0.05, 0) is 31.9 Å². The molecule has 0 unspecified atom stereocenters. The van der Waals surface area contributed by atoms with Crippen molar-refractivity contribution in [2.24, 2.45) is 0 Å². The smallest absolute Gasteiger partial charge is 0.330 e. The Kier molecular flexibility index (Phi) is 11.6. The van der Waals surface area contributed by atoms with Gasteiger partial charge in [0.15, 0.2) is 0 Å². The minimum Gasteiger partial charge on any atom is -0.466 e. The number of methoxy groups -OCH3 is 1. The molecule has 3 nitrogen and oxygen atoms in total. The lowest BCUT2D eigenvalue weighted by Crippen LogP contribution is -2.17. The standard InChI is InChI=1S/C18H30O3/c1-4-5-6-7-8-9-10-11-12-13-15-18(2,20)16-14-17(19)21-3/h11-16,20H,4-10H2,1-3H3/b12-11-,15-13+,16-14+/t18-/m0/s1. The first-order valence-corrected chi connectivity index (χ1v) is 7.85. The summed E-state index contributed by atoms with van der Waals surface area (Å²) in [5.41, 5.74) is -1.14. The highest BCUT2D eigenvalue weighted by Gasteiger charge is 2.11. The average Bonchev–Trinajstić information content (AvgIpc) is 2.46. The zero-order valence-electron chi connectivity index (χ0n) is 13.7. The number of aliphatic hydroxyl groups is 1. The number of esters is 1. The molecule has 1 atom stereocenters. The van der Waals surface area contributed by atoms with Crippen molar-refractivity contribution in [1.29, 1.82) is 0 Å². The lowest BCUT2D eigenvalue weighted by Gasteiger charge is -2.12. The maximum absolute atomic E-state index is 10.9. The zero-order valence-corrected chi connectivity index (χ0v) is 13.7. The Bertz CT molecular complexity index is 351. The van der Waals surface area contributed by atoms with Crippen molar-refractivity contribution < 1.29 is 14.6 Å². The van der Waals surface area contributed by atoms with Gasteiger partial charge in [-0.1, -0.05) is 57.3 Å². The van der Waals surface area contributed by atoms with Gasteiger partial charge in [0.05, 0.1) is 12.7 Å². The van der Waals surface area contributed by atoms with Gasteiger partial charge in [0, 0.05) is 6.08 Å². The van der Waals surface area contributed by atoms with Gasteiger partial charge in [-0.2, -0.15) is 0 Å². The molecule has 0 amide bonds. The highest BCUT2D eigenvalue weighted by atomic mass is 16.5. The molecule has 0 aromatic heterocycles. The van der Waals surface area contributed by atoms with Crippen molar-refractivity contribution in [3.63, 3.8) is 0 Å². The molecule has 120 valence electrons. The van der Waals surface area contributed by atoms with Crippen LogP contribution in [0, 0.1) is 0 Å². The Balaban J connectivity index is 3.84. The van der Waals surface area contributed by atoms with Gasteiger partial charge in [-0.25, -0.2) is 4.79 Å². The van der Waals surface area contributed by atoms with E-state index in [2.05, 4.69) is 17.7 Å². The zero-order chi connectivity index (χ0) is 16.0. The van der Waals surface area contributed by atoms with Crippen LogP contribution in [0.25, 0.3) is 0 Å². The maximum Gasteiger partial charge on any atom is 0.330 e. The van der Waals surface area contributed by atoms with Crippen LogP contribution in [0.5, 0.6) is 0 Å². The summed E-state index contributed by atoms with van der Waals surface area (Å²) >= 11 is 0. The third-order valence-corrected chi connectivity index (χ3v) is 3.16. The van der Waals surface area contributed by atoms with E-state index in [1.165, 1.54) is 57.8 Å². The van der Waals surface area contributed by atoms with E-state index in [0.29, 0.717) is 0 Å². The second-order valence-electron chi connectivity index (χ2n) is 5.43. The van der Waals surface area contributed by atoms with Crippen LogP contribution in [0.3, 0.4) is 0 Å². The molecule has 21 heavy (non-hydrogen) atoms. The van der Waals surface area contributed by atoms with Crippen molar-refractivity contribution in [3.8, 4) is 0 Å². The van der Waals surface area contributed by atoms with E-state index >= 15 is 0 Å². The predicted octanol–water partition coefficient (Wildman–Crippen LogP) is 4.33. The average molecular weight is 294 g/mol. The first kappa shape index (κ1) is 19.7. The summed E-state index contributed by atoms with van der Waals surface area (Å²) in [7, 11) is 1.31. The van der Waals surface area contributed by atoms with Gasteiger partial charge in [0.1, 0.15) is 0 Å². The van der Waals surface area contributed by atoms with Crippen LogP contribution in [0.2, 0.25) is 0 Å². The molecule has 0 aliphatic carbocycles. The number of ether oxygens (including phenoxy) is 1. The van der Waals surface area contributed by atoms with E-state index in [4.69, 9.17) is 0 Å². The molecule has 0 aromatic carbocycles. The van der Waals surface area contributed by atoms with E-state index in [0.717, 1.165) is 6.42 Å². The highest BCUT2D eigenvalue weighted by Crippen LogP contribution is 2.09. The molecular formula is C18H30O3. The van der Waals surface area contributed by atoms with E-state index < -0.39 is 11.6 Å². The SMILES string of the molecule is CCCCCCCC/C=C\C=C\[C@](C)(O)/C=C/C(=O)OC. The minimum absolute atomic E-state index is 0.470. The van der Waals surface area contributed by atoms with Gasteiger partial charge in [0.2, 0.25) is 0 Å². The minimum atomic E-state index is -1.14. The first-order chi connectivity index (χ1) is 10.0. The van der Waals surface area contributed by atoms with Crippen molar-refractivity contribution in [3.05, 3.63) is 36.5 Å². The third kappa shape index (κ3) is 13.4. The topological polar surface area (TPSA) is 46.5 Å². The van der Waals surface area contributed by atoms with Crippen LogP contribution in [-0.2, 0) is 9.53 Å². The van der Waals surface area contributed by atoms with Crippen LogP contribution in [0.4, 0.5) is 0 Å². The van der Waals surface area contributed by atoms with Gasteiger partial charge >= 0.3 is 5.97 Å². The van der Waals surface area contributed by atoms with E-state index in [9.17, 15) is 9.90 Å². The molecule has 0 aromatic rings. The summed E-state index contributed by atoms with van der Waals surface area (Å²) in [6.45, 7) is 3.84. The summed E-state index contributed by atoms with van der Waals surface area (Å²) in [5, 5.41) is 9.97. The van der Waals surface area contributed by atoms with E-state index in [1.807, 2.05) is 6.08 Å². The largest absolute Gasteiger partial charge is 0.466 e. The number of hydrogen-bond donors (Lipinski definition) is 1. The van der Waals surface area contributed by atoms with Crippen molar-refractivity contribution in [2.45, 2.75) is 64.4 Å². The van der Waals surface area contributed by atoms with Gasteiger partial charge in [-0.15, -0.1) is 0 Å². The highest BCUT2D eigenvalue weighted by molar-refractivity contribution is 5.82. The van der Waals surface area contributed by atoms with Crippen LogP contribution >= 0.6 is 0 Å². The second kappa shape index (κ2) is 12.4. The number of rotatable bonds is 11. The van der Waals surface area contributed by atoms with E-state index in [-0.39, 0.29) is 0 Å². The van der Waals surface area contributed by atoms with Crippen molar-refractivity contribution in [2.75, 3.05) is 7.11 Å². The van der Waals surface area contributed by atoms with Crippen LogP contribution in [-0.4, -0.2) is 23.8 Å². The lowest BCUT2D eigenvalue weighted by molar-refractivity contribution is -0.134. The fraction of sp³-hybridized carbons (Fsp3) is 0.611. The molecule has 0 heterocycles. The third-order valence-electron chi connectivity index (χ3n) is 3.16. The summed E-state index contributed by atoms with van der Waals surface area (Å²) in [4.78, 5) is 10.9. The molecule has 0 bridgehead atoms. The second-order valence-corrected chi connectivity index (χ2v) is 5.43. The summed E-state index contributed by atoms with van der Waals surface area (Å²) < 4.78 is 4.48. The quantitative estimate of drug-likeness (QED) is 0.267. The fourth-order valence-corrected chi connectivity index (χ4v) is 1.83. The van der Waals surface area contributed by atoms with E-state index in [1.54, 1.807) is 19.1 Å². The molecule has 0 spiro atoms. The molecule has 1 N–H and O–H groups in total. The predicted molar refractivity (Wildman–Crippen MR) is 88.1 cm³/mol. The molecule has 0 fully saturated rings.